The molecule has 0 saturated heterocycles. The lowest BCUT2D eigenvalue weighted by molar-refractivity contribution is 0.0600. The van der Waals surface area contributed by atoms with Gasteiger partial charge in [0, 0.05) is 14.8 Å². The van der Waals surface area contributed by atoms with Gasteiger partial charge in [-0.25, -0.2) is 9.78 Å². The van der Waals surface area contributed by atoms with Crippen LogP contribution in [0.3, 0.4) is 0 Å². The van der Waals surface area contributed by atoms with E-state index in [4.69, 9.17) is 11.6 Å². The van der Waals surface area contributed by atoms with E-state index in [1.807, 2.05) is 12.1 Å². The average Bonchev–Trinajstić information content (AvgIpc) is 2.41. The predicted octanol–water partition coefficient (Wildman–Crippen LogP) is 3.87. The molecule has 0 aliphatic rings. The van der Waals surface area contributed by atoms with Gasteiger partial charge in [0.25, 0.3) is 0 Å². The van der Waals surface area contributed by atoms with Gasteiger partial charge in [0.1, 0.15) is 5.82 Å². The van der Waals surface area contributed by atoms with Crippen molar-refractivity contribution < 1.29 is 9.53 Å². The lowest BCUT2D eigenvalue weighted by Crippen LogP contribution is -2.03. The molecule has 0 spiro atoms. The highest BCUT2D eigenvalue weighted by Gasteiger charge is 2.07. The van der Waals surface area contributed by atoms with E-state index in [1.165, 1.54) is 7.11 Å². The number of hydrogen-bond acceptors (Lipinski definition) is 4. The fourth-order valence-corrected chi connectivity index (χ4v) is 2.48. The molecule has 0 saturated carbocycles. The van der Waals surface area contributed by atoms with E-state index in [1.54, 1.807) is 24.4 Å². The van der Waals surface area contributed by atoms with Crippen molar-refractivity contribution >= 4 is 51.7 Å². The maximum atomic E-state index is 11.4. The first-order valence-electron chi connectivity index (χ1n) is 5.36. The zero-order chi connectivity index (χ0) is 13.8. The number of nitrogens with zero attached hydrogens (tertiary/aromatic N) is 1. The van der Waals surface area contributed by atoms with Crippen molar-refractivity contribution in [2.24, 2.45) is 0 Å². The van der Waals surface area contributed by atoms with Gasteiger partial charge in [0.15, 0.2) is 0 Å². The fraction of sp³-hybridized carbons (Fsp3) is 0.0769. The Bertz CT molecular complexity index is 619. The van der Waals surface area contributed by atoms with E-state index >= 15 is 0 Å². The molecule has 1 aromatic heterocycles. The maximum Gasteiger partial charge on any atom is 0.338 e. The molecule has 0 bridgehead atoms. The largest absolute Gasteiger partial charge is 0.465 e. The van der Waals surface area contributed by atoms with E-state index < -0.39 is 5.97 Å². The fourth-order valence-electron chi connectivity index (χ4n) is 1.47. The minimum Gasteiger partial charge on any atom is -0.465 e. The number of aromatic nitrogens is 1. The van der Waals surface area contributed by atoms with E-state index in [2.05, 4.69) is 37.6 Å². The van der Waals surface area contributed by atoms with Crippen LogP contribution in [0.4, 0.5) is 11.5 Å². The van der Waals surface area contributed by atoms with Gasteiger partial charge in [-0.1, -0.05) is 11.6 Å². The summed E-state index contributed by atoms with van der Waals surface area (Å²) in [5, 5.41) is 3.81. The molecular formula is C13H10ClIN2O2. The van der Waals surface area contributed by atoms with Gasteiger partial charge in [-0.15, -0.1) is 0 Å². The quantitative estimate of drug-likeness (QED) is 0.641. The van der Waals surface area contributed by atoms with Crippen molar-refractivity contribution in [3.63, 3.8) is 0 Å². The second kappa shape index (κ2) is 6.21. The number of hydrogen-bond donors (Lipinski definition) is 1. The number of benzene rings is 1. The molecule has 6 heteroatoms. The first kappa shape index (κ1) is 14.1. The molecule has 0 atom stereocenters. The first-order chi connectivity index (χ1) is 9.10. The summed E-state index contributed by atoms with van der Waals surface area (Å²) in [7, 11) is 1.35. The van der Waals surface area contributed by atoms with Crippen LogP contribution in [0.1, 0.15) is 10.4 Å². The van der Waals surface area contributed by atoms with Gasteiger partial charge in [0.2, 0.25) is 0 Å². The second-order valence-electron chi connectivity index (χ2n) is 3.67. The third-order valence-corrected chi connectivity index (χ3v) is 3.50. The second-order valence-corrected chi connectivity index (χ2v) is 5.27. The van der Waals surface area contributed by atoms with Crippen LogP contribution in [0, 0.1) is 3.57 Å². The standard InChI is InChI=1S/C13H10ClIN2O2/c1-19-13(18)8-4-5-16-12(6-8)17-11-3-2-9(14)7-10(11)15/h2-7H,1H3,(H,16,17). The number of ether oxygens (including phenoxy) is 1. The Balaban J connectivity index is 2.26. The number of carbonyl (C=O) groups excluding carboxylic acids is 1. The highest BCUT2D eigenvalue weighted by Crippen LogP contribution is 2.25. The highest BCUT2D eigenvalue weighted by molar-refractivity contribution is 14.1. The molecule has 0 aliphatic heterocycles. The molecule has 0 fully saturated rings. The zero-order valence-electron chi connectivity index (χ0n) is 9.98. The lowest BCUT2D eigenvalue weighted by atomic mass is 10.2. The Morgan fingerprint density at radius 2 is 2.16 bits per heavy atom. The predicted molar refractivity (Wildman–Crippen MR) is 83.0 cm³/mol. The average molecular weight is 389 g/mol. The zero-order valence-corrected chi connectivity index (χ0v) is 12.9. The number of halogens is 2. The molecule has 1 aromatic carbocycles. The van der Waals surface area contributed by atoms with Gasteiger partial charge in [0.05, 0.1) is 18.4 Å². The normalized spacial score (nSPS) is 10.1. The molecular weight excluding hydrogens is 379 g/mol. The molecule has 0 unspecified atom stereocenters. The molecule has 4 nitrogen and oxygen atoms in total. The third-order valence-electron chi connectivity index (χ3n) is 2.37. The van der Waals surface area contributed by atoms with Gasteiger partial charge in [-0.3, -0.25) is 0 Å². The van der Waals surface area contributed by atoms with Crippen LogP contribution in [0.25, 0.3) is 0 Å². The lowest BCUT2D eigenvalue weighted by Gasteiger charge is -2.09. The summed E-state index contributed by atoms with van der Waals surface area (Å²) in [5.74, 6) is 0.180. The Kier molecular flexibility index (Phi) is 4.60. The van der Waals surface area contributed by atoms with Crippen molar-refractivity contribution in [1.29, 1.82) is 0 Å². The van der Waals surface area contributed by atoms with Gasteiger partial charge in [-0.05, 0) is 52.9 Å². The summed E-state index contributed by atoms with van der Waals surface area (Å²) >= 11 is 8.07. The number of methoxy groups -OCH3 is 1. The van der Waals surface area contributed by atoms with Gasteiger partial charge < -0.3 is 10.1 Å². The molecule has 2 aromatic rings. The van der Waals surface area contributed by atoms with Crippen molar-refractivity contribution in [2.45, 2.75) is 0 Å². The Hall–Kier alpha value is -1.34. The molecule has 0 aliphatic carbocycles. The number of anilines is 2. The van der Waals surface area contributed by atoms with Crippen molar-refractivity contribution in [3.8, 4) is 0 Å². The van der Waals surface area contributed by atoms with Crippen molar-refractivity contribution in [1.82, 2.24) is 4.98 Å². The third kappa shape index (κ3) is 3.57. The Morgan fingerprint density at radius 1 is 1.37 bits per heavy atom. The van der Waals surface area contributed by atoms with E-state index in [-0.39, 0.29) is 0 Å². The molecule has 2 rings (SSSR count). The smallest absolute Gasteiger partial charge is 0.338 e. The summed E-state index contributed by atoms with van der Waals surface area (Å²) in [6.45, 7) is 0. The summed E-state index contributed by atoms with van der Waals surface area (Å²) in [6.07, 6.45) is 1.55. The first-order valence-corrected chi connectivity index (χ1v) is 6.82. The minimum absolute atomic E-state index is 0.392. The molecule has 1 N–H and O–H groups in total. The van der Waals surface area contributed by atoms with Crippen molar-refractivity contribution in [2.75, 3.05) is 12.4 Å². The van der Waals surface area contributed by atoms with E-state index in [9.17, 15) is 4.79 Å². The molecule has 0 radical (unpaired) electrons. The highest BCUT2D eigenvalue weighted by atomic mass is 127. The van der Waals surface area contributed by atoms with Crippen molar-refractivity contribution in [3.05, 3.63) is 50.7 Å². The van der Waals surface area contributed by atoms with E-state index in [0.717, 1.165) is 9.26 Å². The van der Waals surface area contributed by atoms with Crippen LogP contribution in [0.2, 0.25) is 5.02 Å². The van der Waals surface area contributed by atoms with Crippen LogP contribution in [0.5, 0.6) is 0 Å². The summed E-state index contributed by atoms with van der Waals surface area (Å²) < 4.78 is 5.64. The number of pyridine rings is 1. The minimum atomic E-state index is -0.392. The SMILES string of the molecule is COC(=O)c1ccnc(Nc2ccc(Cl)cc2I)c1. The maximum absolute atomic E-state index is 11.4. The monoisotopic (exact) mass is 388 g/mol. The summed E-state index contributed by atoms with van der Waals surface area (Å²) in [4.78, 5) is 15.6. The molecule has 98 valence electrons. The number of rotatable bonds is 3. The summed E-state index contributed by atoms with van der Waals surface area (Å²) in [6, 6.07) is 8.72. The van der Waals surface area contributed by atoms with E-state index in [0.29, 0.717) is 16.4 Å². The Morgan fingerprint density at radius 3 is 2.84 bits per heavy atom. The number of carbonyl (C=O) groups is 1. The van der Waals surface area contributed by atoms with Gasteiger partial charge in [-0.2, -0.15) is 0 Å². The molecule has 0 amide bonds. The number of esters is 1. The van der Waals surface area contributed by atoms with Crippen LogP contribution >= 0.6 is 34.2 Å². The van der Waals surface area contributed by atoms with Crippen LogP contribution < -0.4 is 5.32 Å². The Labute approximate surface area is 129 Å². The van der Waals surface area contributed by atoms with Crippen LogP contribution in [-0.2, 0) is 4.74 Å². The summed E-state index contributed by atoms with van der Waals surface area (Å²) in [5.41, 5.74) is 1.32. The molecule has 19 heavy (non-hydrogen) atoms. The number of nitrogens with one attached hydrogen (secondary N) is 1. The van der Waals surface area contributed by atoms with Crippen LogP contribution in [-0.4, -0.2) is 18.1 Å². The molecule has 1 heterocycles. The van der Waals surface area contributed by atoms with Crippen LogP contribution in [0.15, 0.2) is 36.5 Å². The topological polar surface area (TPSA) is 51.2 Å². The van der Waals surface area contributed by atoms with Gasteiger partial charge >= 0.3 is 5.97 Å².